The summed E-state index contributed by atoms with van der Waals surface area (Å²) in [5.41, 5.74) is 0. The fourth-order valence-corrected chi connectivity index (χ4v) is 3.05. The lowest BCUT2D eigenvalue weighted by Crippen LogP contribution is -2.38. The molecule has 0 aliphatic carbocycles. The normalized spacial score (nSPS) is 23.6. The second kappa shape index (κ2) is 8.55. The Morgan fingerprint density at radius 2 is 1.44 bits per heavy atom. The molecule has 1 fully saturated rings. The lowest BCUT2D eigenvalue weighted by Gasteiger charge is -2.26. The Morgan fingerprint density at radius 3 is 2.00 bits per heavy atom. The molecule has 1 aliphatic rings. The Balaban J connectivity index is 2.06. The molecule has 2 unspecified atom stereocenters. The molecule has 1 heterocycles. The van der Waals surface area contributed by atoms with E-state index in [9.17, 15) is 4.79 Å². The van der Waals surface area contributed by atoms with Gasteiger partial charge in [-0.1, -0.05) is 45.4 Å². The van der Waals surface area contributed by atoms with E-state index in [0.717, 1.165) is 12.8 Å². The van der Waals surface area contributed by atoms with E-state index in [-0.39, 0.29) is 0 Å². The van der Waals surface area contributed by atoms with Crippen LogP contribution in [0.2, 0.25) is 0 Å². The van der Waals surface area contributed by atoms with E-state index in [1.165, 1.54) is 51.4 Å². The Hall–Kier alpha value is -0.530. The first-order valence-electron chi connectivity index (χ1n) is 7.98. The van der Waals surface area contributed by atoms with Crippen molar-refractivity contribution in [3.8, 4) is 0 Å². The predicted molar refractivity (Wildman–Crippen MR) is 77.6 cm³/mol. The zero-order valence-electron chi connectivity index (χ0n) is 12.6. The molecule has 18 heavy (non-hydrogen) atoms. The molecular formula is C16H31NO. The number of nitrogens with zero attached hydrogens (tertiary/aromatic N) is 1. The number of amides is 1. The van der Waals surface area contributed by atoms with E-state index in [1.807, 2.05) is 0 Å². The Morgan fingerprint density at radius 1 is 0.944 bits per heavy atom. The molecule has 0 saturated carbocycles. The molecule has 106 valence electrons. The van der Waals surface area contributed by atoms with E-state index in [1.54, 1.807) is 0 Å². The van der Waals surface area contributed by atoms with Crippen molar-refractivity contribution in [2.24, 2.45) is 0 Å². The van der Waals surface area contributed by atoms with E-state index >= 15 is 0 Å². The van der Waals surface area contributed by atoms with Crippen LogP contribution < -0.4 is 0 Å². The van der Waals surface area contributed by atoms with Gasteiger partial charge in [-0.05, 0) is 33.1 Å². The highest BCUT2D eigenvalue weighted by Gasteiger charge is 2.30. The third-order valence-electron chi connectivity index (χ3n) is 4.23. The molecule has 1 rings (SSSR count). The van der Waals surface area contributed by atoms with Crippen LogP contribution in [0.4, 0.5) is 0 Å². The number of rotatable bonds is 8. The number of hydrogen-bond acceptors (Lipinski definition) is 1. The van der Waals surface area contributed by atoms with Crippen molar-refractivity contribution >= 4 is 5.91 Å². The molecule has 2 nitrogen and oxygen atoms in total. The minimum Gasteiger partial charge on any atom is -0.337 e. The van der Waals surface area contributed by atoms with Crippen molar-refractivity contribution in [1.82, 2.24) is 4.90 Å². The third kappa shape index (κ3) is 4.99. The minimum atomic E-state index is 0.390. The van der Waals surface area contributed by atoms with Gasteiger partial charge in [-0.2, -0.15) is 0 Å². The number of hydrogen-bond donors (Lipinski definition) is 0. The van der Waals surface area contributed by atoms with E-state index in [4.69, 9.17) is 0 Å². The van der Waals surface area contributed by atoms with Gasteiger partial charge in [0.1, 0.15) is 0 Å². The smallest absolute Gasteiger partial charge is 0.223 e. The molecule has 0 spiro atoms. The van der Waals surface area contributed by atoms with E-state index in [2.05, 4.69) is 25.7 Å². The average molecular weight is 253 g/mol. The first kappa shape index (κ1) is 15.5. The highest BCUT2D eigenvalue weighted by Crippen LogP contribution is 2.24. The summed E-state index contributed by atoms with van der Waals surface area (Å²) in [5.74, 6) is 0.390. The fourth-order valence-electron chi connectivity index (χ4n) is 3.05. The van der Waals surface area contributed by atoms with E-state index in [0.29, 0.717) is 18.0 Å². The van der Waals surface area contributed by atoms with Crippen LogP contribution in [0.1, 0.15) is 85.0 Å². The summed E-state index contributed by atoms with van der Waals surface area (Å²) in [6, 6.07) is 0.939. The summed E-state index contributed by atoms with van der Waals surface area (Å²) >= 11 is 0. The quantitative estimate of drug-likeness (QED) is 0.582. The zero-order valence-corrected chi connectivity index (χ0v) is 12.6. The second-order valence-electron chi connectivity index (χ2n) is 5.95. The van der Waals surface area contributed by atoms with Gasteiger partial charge < -0.3 is 4.90 Å². The average Bonchev–Trinajstić information content (AvgIpc) is 2.68. The molecule has 0 bridgehead atoms. The molecule has 1 amide bonds. The van der Waals surface area contributed by atoms with Gasteiger partial charge in [-0.3, -0.25) is 4.79 Å². The Bertz CT molecular complexity index is 229. The number of carbonyl (C=O) groups is 1. The number of likely N-dealkylation sites (tertiary alicyclic amines) is 1. The van der Waals surface area contributed by atoms with Crippen molar-refractivity contribution in [1.29, 1.82) is 0 Å². The molecule has 0 aromatic rings. The maximum absolute atomic E-state index is 12.1. The van der Waals surface area contributed by atoms with Crippen LogP contribution in [-0.4, -0.2) is 22.9 Å². The molecular weight excluding hydrogens is 222 g/mol. The summed E-state index contributed by atoms with van der Waals surface area (Å²) in [6.07, 6.45) is 12.1. The molecule has 2 heteroatoms. The molecule has 0 aromatic carbocycles. The zero-order chi connectivity index (χ0) is 13.4. The van der Waals surface area contributed by atoms with Crippen LogP contribution in [0.3, 0.4) is 0 Å². The predicted octanol–water partition coefficient (Wildman–Crippen LogP) is 4.53. The summed E-state index contributed by atoms with van der Waals surface area (Å²) in [4.78, 5) is 14.2. The van der Waals surface area contributed by atoms with Gasteiger partial charge in [-0.15, -0.1) is 0 Å². The van der Waals surface area contributed by atoms with Crippen LogP contribution in [0, 0.1) is 0 Å². The molecule has 0 radical (unpaired) electrons. The van der Waals surface area contributed by atoms with Crippen molar-refractivity contribution in [2.45, 2.75) is 97.1 Å². The summed E-state index contributed by atoms with van der Waals surface area (Å²) in [6.45, 7) is 6.62. The van der Waals surface area contributed by atoms with Gasteiger partial charge in [0.25, 0.3) is 0 Å². The van der Waals surface area contributed by atoms with Crippen LogP contribution >= 0.6 is 0 Å². The molecule has 1 saturated heterocycles. The highest BCUT2D eigenvalue weighted by atomic mass is 16.2. The standard InChI is InChI=1S/C16H31NO/c1-4-5-6-7-8-9-10-11-16(18)17-14(2)12-13-15(17)3/h14-15H,4-13H2,1-3H3. The number of unbranched alkanes of at least 4 members (excludes halogenated alkanes) is 6. The van der Waals surface area contributed by atoms with Gasteiger partial charge in [0.2, 0.25) is 5.91 Å². The van der Waals surface area contributed by atoms with Gasteiger partial charge in [0.05, 0.1) is 0 Å². The van der Waals surface area contributed by atoms with Gasteiger partial charge >= 0.3 is 0 Å². The lowest BCUT2D eigenvalue weighted by atomic mass is 10.1. The summed E-state index contributed by atoms with van der Waals surface area (Å²) in [5, 5.41) is 0. The van der Waals surface area contributed by atoms with Gasteiger partial charge in [0.15, 0.2) is 0 Å². The van der Waals surface area contributed by atoms with Gasteiger partial charge in [0, 0.05) is 18.5 Å². The third-order valence-corrected chi connectivity index (χ3v) is 4.23. The first-order chi connectivity index (χ1) is 8.66. The van der Waals surface area contributed by atoms with Crippen molar-refractivity contribution < 1.29 is 4.79 Å². The first-order valence-corrected chi connectivity index (χ1v) is 7.98. The largest absolute Gasteiger partial charge is 0.337 e. The summed E-state index contributed by atoms with van der Waals surface area (Å²) in [7, 11) is 0. The lowest BCUT2D eigenvalue weighted by molar-refractivity contribution is -0.133. The van der Waals surface area contributed by atoms with Gasteiger partial charge in [-0.25, -0.2) is 0 Å². The van der Waals surface area contributed by atoms with Crippen LogP contribution in [0.5, 0.6) is 0 Å². The second-order valence-corrected chi connectivity index (χ2v) is 5.95. The topological polar surface area (TPSA) is 20.3 Å². The van der Waals surface area contributed by atoms with Crippen molar-refractivity contribution in [3.05, 3.63) is 0 Å². The maximum atomic E-state index is 12.1. The highest BCUT2D eigenvalue weighted by molar-refractivity contribution is 5.77. The molecule has 1 aliphatic heterocycles. The maximum Gasteiger partial charge on any atom is 0.223 e. The molecule has 2 atom stereocenters. The van der Waals surface area contributed by atoms with Crippen LogP contribution in [0.25, 0.3) is 0 Å². The molecule has 0 aromatic heterocycles. The van der Waals surface area contributed by atoms with Crippen molar-refractivity contribution in [2.75, 3.05) is 0 Å². The summed E-state index contributed by atoms with van der Waals surface area (Å²) < 4.78 is 0. The van der Waals surface area contributed by atoms with E-state index < -0.39 is 0 Å². The fraction of sp³-hybridized carbons (Fsp3) is 0.938. The Kier molecular flexibility index (Phi) is 7.38. The van der Waals surface area contributed by atoms with Crippen LogP contribution in [0.15, 0.2) is 0 Å². The van der Waals surface area contributed by atoms with Crippen LogP contribution in [-0.2, 0) is 4.79 Å². The Labute approximate surface area is 113 Å². The minimum absolute atomic E-state index is 0.390. The number of carbonyl (C=O) groups excluding carboxylic acids is 1. The monoisotopic (exact) mass is 253 g/mol. The molecule has 0 N–H and O–H groups in total. The van der Waals surface area contributed by atoms with Crippen molar-refractivity contribution in [3.63, 3.8) is 0 Å². The SMILES string of the molecule is CCCCCCCCCC(=O)N1C(C)CCC1C.